The molecule has 0 fully saturated rings. The zero-order chi connectivity index (χ0) is 15.5. The lowest BCUT2D eigenvalue weighted by atomic mass is 10.1. The Hall–Kier alpha value is -2.04. The fourth-order valence-electron chi connectivity index (χ4n) is 1.96. The molecular formula is C16H12Cl2N2O2. The molecular weight excluding hydrogens is 323 g/mol. The number of para-hydroxylation sites is 1. The number of rotatable bonds is 4. The summed E-state index contributed by atoms with van der Waals surface area (Å²) in [7, 11) is 0. The molecule has 0 unspecified atom stereocenters. The summed E-state index contributed by atoms with van der Waals surface area (Å²) in [4.78, 5) is 0. The maximum atomic E-state index is 6.04. The highest BCUT2D eigenvalue weighted by Crippen LogP contribution is 2.33. The Balaban J connectivity index is 1.75. The van der Waals surface area contributed by atoms with Crippen molar-refractivity contribution in [1.29, 1.82) is 0 Å². The van der Waals surface area contributed by atoms with Crippen molar-refractivity contribution >= 4 is 23.2 Å². The lowest BCUT2D eigenvalue weighted by Crippen LogP contribution is -1.96. The van der Waals surface area contributed by atoms with E-state index in [1.807, 2.05) is 31.2 Å². The van der Waals surface area contributed by atoms with Gasteiger partial charge in [0.15, 0.2) is 12.4 Å². The van der Waals surface area contributed by atoms with Gasteiger partial charge in [-0.15, -0.1) is 10.2 Å². The van der Waals surface area contributed by atoms with Gasteiger partial charge < -0.3 is 9.15 Å². The van der Waals surface area contributed by atoms with Gasteiger partial charge in [0.2, 0.25) is 5.89 Å². The molecule has 0 aliphatic heterocycles. The monoisotopic (exact) mass is 334 g/mol. The van der Waals surface area contributed by atoms with Crippen LogP contribution in [0, 0.1) is 6.92 Å². The number of aryl methyl sites for hydroxylation is 1. The number of hydrogen-bond donors (Lipinski definition) is 0. The standard InChI is InChI=1S/C16H12Cl2N2O2/c1-10-4-2-5-11(8-10)16-20-19-14(22-16)9-21-15-12(17)6-3-7-13(15)18/h2-8H,9H2,1H3. The summed E-state index contributed by atoms with van der Waals surface area (Å²) in [6.45, 7) is 2.10. The molecule has 0 bridgehead atoms. The molecule has 0 aliphatic carbocycles. The lowest BCUT2D eigenvalue weighted by molar-refractivity contribution is 0.265. The average Bonchev–Trinajstić information content (AvgIpc) is 2.96. The fraction of sp³-hybridized carbons (Fsp3) is 0.125. The molecule has 22 heavy (non-hydrogen) atoms. The van der Waals surface area contributed by atoms with Crippen molar-refractivity contribution < 1.29 is 9.15 Å². The minimum Gasteiger partial charge on any atom is -0.481 e. The average molecular weight is 335 g/mol. The highest BCUT2D eigenvalue weighted by Gasteiger charge is 2.12. The molecule has 0 saturated heterocycles. The first kappa shape index (κ1) is 14.9. The van der Waals surface area contributed by atoms with Crippen LogP contribution in [0.15, 0.2) is 46.9 Å². The van der Waals surface area contributed by atoms with E-state index in [4.69, 9.17) is 32.4 Å². The van der Waals surface area contributed by atoms with Crippen molar-refractivity contribution in [2.75, 3.05) is 0 Å². The van der Waals surface area contributed by atoms with Crippen LogP contribution in [0.5, 0.6) is 5.75 Å². The van der Waals surface area contributed by atoms with Crippen LogP contribution in [0.2, 0.25) is 10.0 Å². The molecule has 1 heterocycles. The Morgan fingerprint density at radius 2 is 1.77 bits per heavy atom. The van der Waals surface area contributed by atoms with E-state index in [0.717, 1.165) is 11.1 Å². The van der Waals surface area contributed by atoms with Gasteiger partial charge in [-0.3, -0.25) is 0 Å². The quantitative estimate of drug-likeness (QED) is 0.678. The Morgan fingerprint density at radius 1 is 1.05 bits per heavy atom. The SMILES string of the molecule is Cc1cccc(-c2nnc(COc3c(Cl)cccc3Cl)o2)c1. The number of halogens is 2. The molecule has 0 aliphatic rings. The first-order chi connectivity index (χ1) is 10.6. The fourth-order valence-corrected chi connectivity index (χ4v) is 2.47. The van der Waals surface area contributed by atoms with Crippen molar-refractivity contribution in [1.82, 2.24) is 10.2 Å². The van der Waals surface area contributed by atoms with Crippen LogP contribution in [0.25, 0.3) is 11.5 Å². The highest BCUT2D eigenvalue weighted by molar-refractivity contribution is 6.37. The molecule has 0 atom stereocenters. The van der Waals surface area contributed by atoms with Crippen LogP contribution >= 0.6 is 23.2 Å². The van der Waals surface area contributed by atoms with Crippen molar-refractivity contribution in [2.24, 2.45) is 0 Å². The van der Waals surface area contributed by atoms with E-state index in [-0.39, 0.29) is 6.61 Å². The van der Waals surface area contributed by atoms with E-state index in [9.17, 15) is 0 Å². The smallest absolute Gasteiger partial charge is 0.254 e. The molecule has 6 heteroatoms. The summed E-state index contributed by atoms with van der Waals surface area (Å²) < 4.78 is 11.2. The highest BCUT2D eigenvalue weighted by atomic mass is 35.5. The predicted molar refractivity (Wildman–Crippen MR) is 85.3 cm³/mol. The van der Waals surface area contributed by atoms with Gasteiger partial charge in [-0.05, 0) is 31.2 Å². The van der Waals surface area contributed by atoms with Crippen LogP contribution in [0.3, 0.4) is 0 Å². The van der Waals surface area contributed by atoms with E-state index in [1.54, 1.807) is 18.2 Å². The van der Waals surface area contributed by atoms with Crippen LogP contribution in [0.4, 0.5) is 0 Å². The molecule has 3 rings (SSSR count). The third-order valence-electron chi connectivity index (χ3n) is 2.99. The Labute approximate surface area is 137 Å². The summed E-state index contributed by atoms with van der Waals surface area (Å²) in [6.07, 6.45) is 0. The van der Waals surface area contributed by atoms with Crippen molar-refractivity contribution in [3.8, 4) is 17.2 Å². The maximum Gasteiger partial charge on any atom is 0.254 e. The topological polar surface area (TPSA) is 48.2 Å². The molecule has 0 saturated carbocycles. The molecule has 112 valence electrons. The van der Waals surface area contributed by atoms with E-state index < -0.39 is 0 Å². The summed E-state index contributed by atoms with van der Waals surface area (Å²) in [5.41, 5.74) is 1.99. The van der Waals surface area contributed by atoms with E-state index in [2.05, 4.69) is 10.2 Å². The van der Waals surface area contributed by atoms with Gasteiger partial charge in [0.25, 0.3) is 5.89 Å². The molecule has 0 amide bonds. The normalized spacial score (nSPS) is 10.7. The second kappa shape index (κ2) is 6.38. The number of aromatic nitrogens is 2. The van der Waals surface area contributed by atoms with E-state index in [1.165, 1.54) is 0 Å². The zero-order valence-corrected chi connectivity index (χ0v) is 13.2. The van der Waals surface area contributed by atoms with Crippen LogP contribution < -0.4 is 4.74 Å². The van der Waals surface area contributed by atoms with Gasteiger partial charge in [-0.1, -0.05) is 47.0 Å². The van der Waals surface area contributed by atoms with Gasteiger partial charge in [-0.2, -0.15) is 0 Å². The van der Waals surface area contributed by atoms with Crippen LogP contribution in [0.1, 0.15) is 11.5 Å². The van der Waals surface area contributed by atoms with Gasteiger partial charge in [0, 0.05) is 5.56 Å². The molecule has 1 aromatic heterocycles. The van der Waals surface area contributed by atoms with Gasteiger partial charge in [0.1, 0.15) is 0 Å². The van der Waals surface area contributed by atoms with Crippen molar-refractivity contribution in [3.63, 3.8) is 0 Å². The third-order valence-corrected chi connectivity index (χ3v) is 3.59. The second-order valence-electron chi connectivity index (χ2n) is 4.71. The van der Waals surface area contributed by atoms with E-state index >= 15 is 0 Å². The van der Waals surface area contributed by atoms with E-state index in [0.29, 0.717) is 27.6 Å². The summed E-state index contributed by atoms with van der Waals surface area (Å²) in [6, 6.07) is 13.0. The van der Waals surface area contributed by atoms with Crippen LogP contribution in [-0.2, 0) is 6.61 Å². The zero-order valence-electron chi connectivity index (χ0n) is 11.7. The largest absolute Gasteiger partial charge is 0.481 e. The first-order valence-electron chi connectivity index (χ1n) is 6.60. The minimum absolute atomic E-state index is 0.0995. The Kier molecular flexibility index (Phi) is 4.32. The maximum absolute atomic E-state index is 6.04. The van der Waals surface area contributed by atoms with Crippen LogP contribution in [-0.4, -0.2) is 10.2 Å². The second-order valence-corrected chi connectivity index (χ2v) is 5.52. The molecule has 0 N–H and O–H groups in total. The predicted octanol–water partition coefficient (Wildman–Crippen LogP) is 4.93. The molecule has 0 radical (unpaired) electrons. The number of nitrogens with zero attached hydrogens (tertiary/aromatic N) is 2. The summed E-state index contributed by atoms with van der Waals surface area (Å²) in [5, 5.41) is 8.86. The third kappa shape index (κ3) is 3.24. The lowest BCUT2D eigenvalue weighted by Gasteiger charge is -2.07. The van der Waals surface area contributed by atoms with Gasteiger partial charge >= 0.3 is 0 Å². The Morgan fingerprint density at radius 3 is 2.50 bits per heavy atom. The molecule has 4 nitrogen and oxygen atoms in total. The summed E-state index contributed by atoms with van der Waals surface area (Å²) in [5.74, 6) is 1.21. The van der Waals surface area contributed by atoms with Crippen molar-refractivity contribution in [3.05, 3.63) is 64.0 Å². The van der Waals surface area contributed by atoms with Gasteiger partial charge in [-0.25, -0.2) is 0 Å². The number of ether oxygens (including phenoxy) is 1. The number of hydrogen-bond acceptors (Lipinski definition) is 4. The molecule has 3 aromatic rings. The molecule has 0 spiro atoms. The molecule has 2 aromatic carbocycles. The minimum atomic E-state index is 0.0995. The number of benzene rings is 2. The van der Waals surface area contributed by atoms with Crippen molar-refractivity contribution in [2.45, 2.75) is 13.5 Å². The summed E-state index contributed by atoms with van der Waals surface area (Å²) >= 11 is 12.1. The first-order valence-corrected chi connectivity index (χ1v) is 7.35. The Bertz CT molecular complexity index is 782. The van der Waals surface area contributed by atoms with Gasteiger partial charge in [0.05, 0.1) is 10.0 Å².